The summed E-state index contributed by atoms with van der Waals surface area (Å²) in [4.78, 5) is 14.8. The Hall–Kier alpha value is -1.91. The molecular weight excluding hydrogens is 300 g/mol. The number of ether oxygens (including phenoxy) is 1. The summed E-state index contributed by atoms with van der Waals surface area (Å²) < 4.78 is 5.34. The Balaban J connectivity index is 1.33. The fraction of sp³-hybridized carbons (Fsp3) is 0.450. The number of fused-ring (bicyclic) bond motifs is 1. The van der Waals surface area contributed by atoms with Crippen LogP contribution < -0.4 is 5.32 Å². The van der Waals surface area contributed by atoms with E-state index in [9.17, 15) is 4.79 Å². The zero-order chi connectivity index (χ0) is 16.4. The number of benzene rings is 2. The number of amides is 1. The van der Waals surface area contributed by atoms with Crippen molar-refractivity contribution < 1.29 is 9.53 Å². The van der Waals surface area contributed by atoms with Gasteiger partial charge in [0.25, 0.3) is 0 Å². The highest BCUT2D eigenvalue weighted by Gasteiger charge is 2.44. The number of carbonyl (C=O) groups is 1. The van der Waals surface area contributed by atoms with E-state index in [1.807, 2.05) is 0 Å². The molecule has 1 saturated heterocycles. The monoisotopic (exact) mass is 324 g/mol. The molecule has 24 heavy (non-hydrogen) atoms. The first-order chi connectivity index (χ1) is 11.8. The van der Waals surface area contributed by atoms with Gasteiger partial charge in [-0.25, -0.2) is 0 Å². The zero-order valence-electron chi connectivity index (χ0n) is 13.9. The molecule has 0 aromatic heterocycles. The van der Waals surface area contributed by atoms with E-state index < -0.39 is 0 Å². The third-order valence-corrected chi connectivity index (χ3v) is 5.18. The summed E-state index contributed by atoms with van der Waals surface area (Å²) >= 11 is 0. The van der Waals surface area contributed by atoms with Gasteiger partial charge < -0.3 is 10.1 Å². The second-order valence-corrected chi connectivity index (χ2v) is 6.76. The topological polar surface area (TPSA) is 41.6 Å². The molecule has 4 nitrogen and oxygen atoms in total. The first-order valence-corrected chi connectivity index (χ1v) is 8.88. The van der Waals surface area contributed by atoms with E-state index in [1.165, 1.54) is 16.3 Å². The molecule has 2 aromatic rings. The van der Waals surface area contributed by atoms with E-state index in [2.05, 4.69) is 52.7 Å². The van der Waals surface area contributed by atoms with Crippen molar-refractivity contribution in [1.82, 2.24) is 10.2 Å². The molecular formula is C20H24N2O2. The number of morpholine rings is 1. The van der Waals surface area contributed by atoms with Crippen LogP contribution in [0.1, 0.15) is 17.9 Å². The van der Waals surface area contributed by atoms with Crippen LogP contribution in [-0.4, -0.2) is 50.2 Å². The van der Waals surface area contributed by atoms with Crippen molar-refractivity contribution in [2.24, 2.45) is 5.92 Å². The highest BCUT2D eigenvalue weighted by molar-refractivity contribution is 5.89. The number of hydrogen-bond donors (Lipinski definition) is 1. The second kappa shape index (κ2) is 6.91. The summed E-state index contributed by atoms with van der Waals surface area (Å²) in [6, 6.07) is 14.9. The largest absolute Gasteiger partial charge is 0.379 e. The van der Waals surface area contributed by atoms with Gasteiger partial charge in [-0.05, 0) is 28.7 Å². The van der Waals surface area contributed by atoms with Crippen LogP contribution in [0.25, 0.3) is 10.8 Å². The molecule has 4 heteroatoms. The minimum absolute atomic E-state index is 0.139. The second-order valence-electron chi connectivity index (χ2n) is 6.76. The number of carbonyl (C=O) groups excluding carboxylic acids is 1. The normalized spacial score (nSPS) is 24.0. The van der Waals surface area contributed by atoms with E-state index in [0.29, 0.717) is 5.92 Å². The van der Waals surface area contributed by atoms with Crippen molar-refractivity contribution in [3.63, 3.8) is 0 Å². The maximum absolute atomic E-state index is 12.4. The zero-order valence-corrected chi connectivity index (χ0v) is 13.9. The van der Waals surface area contributed by atoms with E-state index in [1.54, 1.807) is 0 Å². The summed E-state index contributed by atoms with van der Waals surface area (Å²) in [5.41, 5.74) is 1.32. The molecule has 1 N–H and O–H groups in total. The SMILES string of the molecule is O=C(NCCN1CCOCC1)[C@@H]1C[C@@H]1c1cccc2ccccc12. The summed E-state index contributed by atoms with van der Waals surface area (Å²) in [6.07, 6.45) is 0.970. The third-order valence-electron chi connectivity index (χ3n) is 5.18. The fourth-order valence-corrected chi connectivity index (χ4v) is 3.70. The van der Waals surface area contributed by atoms with Crippen LogP contribution in [0, 0.1) is 5.92 Å². The van der Waals surface area contributed by atoms with Crippen molar-refractivity contribution in [3.05, 3.63) is 48.0 Å². The van der Waals surface area contributed by atoms with Gasteiger partial charge in [0, 0.05) is 32.1 Å². The van der Waals surface area contributed by atoms with Gasteiger partial charge in [-0.15, -0.1) is 0 Å². The molecule has 1 aliphatic heterocycles. The van der Waals surface area contributed by atoms with Gasteiger partial charge in [0.05, 0.1) is 13.2 Å². The van der Waals surface area contributed by atoms with Crippen molar-refractivity contribution in [2.45, 2.75) is 12.3 Å². The smallest absolute Gasteiger partial charge is 0.223 e. The molecule has 0 spiro atoms. The average Bonchev–Trinajstić information content (AvgIpc) is 3.43. The van der Waals surface area contributed by atoms with Crippen LogP contribution in [0.3, 0.4) is 0 Å². The first-order valence-electron chi connectivity index (χ1n) is 8.88. The van der Waals surface area contributed by atoms with Crippen molar-refractivity contribution in [2.75, 3.05) is 39.4 Å². The van der Waals surface area contributed by atoms with Crippen LogP contribution in [-0.2, 0) is 9.53 Å². The Bertz CT molecular complexity index is 719. The maximum atomic E-state index is 12.4. The van der Waals surface area contributed by atoms with Gasteiger partial charge in [0.15, 0.2) is 0 Å². The third kappa shape index (κ3) is 3.30. The lowest BCUT2D eigenvalue weighted by molar-refractivity contribution is -0.122. The molecule has 0 radical (unpaired) electrons. The fourth-order valence-electron chi connectivity index (χ4n) is 3.70. The van der Waals surface area contributed by atoms with Crippen LogP contribution in [0.2, 0.25) is 0 Å². The van der Waals surface area contributed by atoms with Crippen LogP contribution >= 0.6 is 0 Å². The molecule has 0 bridgehead atoms. The molecule has 0 unspecified atom stereocenters. The Morgan fingerprint density at radius 1 is 1.12 bits per heavy atom. The summed E-state index contributed by atoms with van der Waals surface area (Å²) in [5.74, 6) is 0.723. The minimum atomic E-state index is 0.139. The van der Waals surface area contributed by atoms with E-state index in [4.69, 9.17) is 4.74 Å². The highest BCUT2D eigenvalue weighted by atomic mass is 16.5. The van der Waals surface area contributed by atoms with Crippen molar-refractivity contribution >= 4 is 16.7 Å². The van der Waals surface area contributed by atoms with E-state index >= 15 is 0 Å². The van der Waals surface area contributed by atoms with Gasteiger partial charge in [0.1, 0.15) is 0 Å². The summed E-state index contributed by atoms with van der Waals surface area (Å²) in [7, 11) is 0. The number of nitrogens with zero attached hydrogens (tertiary/aromatic N) is 1. The standard InChI is InChI=1S/C20H24N2O2/c23-20(21-8-9-22-10-12-24-13-11-22)19-14-18(19)17-7-3-5-15-4-1-2-6-16(15)17/h1-7,18-19H,8-14H2,(H,21,23)/t18-,19-/m1/s1. The Labute approximate surface area is 142 Å². The Kier molecular flexibility index (Phi) is 4.50. The van der Waals surface area contributed by atoms with Gasteiger partial charge in [0.2, 0.25) is 5.91 Å². The number of rotatable bonds is 5. The first kappa shape index (κ1) is 15.6. The van der Waals surface area contributed by atoms with Crippen LogP contribution in [0.4, 0.5) is 0 Å². The Morgan fingerprint density at radius 2 is 1.92 bits per heavy atom. The summed E-state index contributed by atoms with van der Waals surface area (Å²) in [5, 5.41) is 5.66. The van der Waals surface area contributed by atoms with E-state index in [0.717, 1.165) is 45.8 Å². The van der Waals surface area contributed by atoms with E-state index in [-0.39, 0.29) is 11.8 Å². The molecule has 1 heterocycles. The maximum Gasteiger partial charge on any atom is 0.223 e. The Morgan fingerprint density at radius 3 is 2.79 bits per heavy atom. The van der Waals surface area contributed by atoms with Crippen LogP contribution in [0.15, 0.2) is 42.5 Å². The highest BCUT2D eigenvalue weighted by Crippen LogP contribution is 2.49. The molecule has 126 valence electrons. The van der Waals surface area contributed by atoms with Crippen LogP contribution in [0.5, 0.6) is 0 Å². The summed E-state index contributed by atoms with van der Waals surface area (Å²) in [6.45, 7) is 5.20. The molecule has 1 amide bonds. The van der Waals surface area contributed by atoms with Gasteiger partial charge in [-0.2, -0.15) is 0 Å². The molecule has 2 fully saturated rings. The molecule has 2 aromatic carbocycles. The number of hydrogen-bond acceptors (Lipinski definition) is 3. The van der Waals surface area contributed by atoms with Crippen molar-refractivity contribution in [3.8, 4) is 0 Å². The lowest BCUT2D eigenvalue weighted by Crippen LogP contribution is -2.41. The quantitative estimate of drug-likeness (QED) is 0.918. The lowest BCUT2D eigenvalue weighted by Gasteiger charge is -2.26. The molecule has 1 saturated carbocycles. The molecule has 1 aliphatic carbocycles. The van der Waals surface area contributed by atoms with Gasteiger partial charge in [-0.3, -0.25) is 9.69 Å². The molecule has 4 rings (SSSR count). The molecule has 2 aliphatic rings. The average molecular weight is 324 g/mol. The predicted octanol–water partition coefficient (Wildman–Crippen LogP) is 2.39. The van der Waals surface area contributed by atoms with Crippen molar-refractivity contribution in [1.29, 1.82) is 0 Å². The molecule has 2 atom stereocenters. The van der Waals surface area contributed by atoms with Gasteiger partial charge >= 0.3 is 0 Å². The van der Waals surface area contributed by atoms with Gasteiger partial charge in [-0.1, -0.05) is 42.5 Å². The predicted molar refractivity (Wildman–Crippen MR) is 95.1 cm³/mol. The lowest BCUT2D eigenvalue weighted by atomic mass is 10.00. The number of nitrogens with one attached hydrogen (secondary N) is 1. The minimum Gasteiger partial charge on any atom is -0.379 e.